The quantitative estimate of drug-likeness (QED) is 0.615. The average molecular weight is 290 g/mol. The third-order valence-electron chi connectivity index (χ3n) is 3.41. The van der Waals surface area contributed by atoms with Gasteiger partial charge in [0.2, 0.25) is 5.91 Å². The van der Waals surface area contributed by atoms with Crippen molar-refractivity contribution in [3.63, 3.8) is 0 Å². The second kappa shape index (κ2) is 8.12. The Morgan fingerprint density at radius 3 is 2.80 bits per heavy atom. The lowest BCUT2D eigenvalue weighted by Gasteiger charge is -2.36. The predicted molar refractivity (Wildman–Crippen MR) is 86.6 cm³/mol. The van der Waals surface area contributed by atoms with Gasteiger partial charge in [0.1, 0.15) is 0 Å². The molecule has 1 aromatic rings. The third kappa shape index (κ3) is 5.02. The van der Waals surface area contributed by atoms with Crippen molar-refractivity contribution in [2.75, 3.05) is 24.7 Å². The highest BCUT2D eigenvalue weighted by atomic mass is 32.2. The zero-order chi connectivity index (χ0) is 14.2. The summed E-state index contributed by atoms with van der Waals surface area (Å²) in [6.45, 7) is 2.39. The Kier molecular flexibility index (Phi) is 6.15. The number of hydrogen-bond acceptors (Lipinski definition) is 3. The molecule has 20 heavy (non-hydrogen) atoms. The van der Waals surface area contributed by atoms with E-state index in [2.05, 4.69) is 28.0 Å². The molecule has 0 saturated carbocycles. The van der Waals surface area contributed by atoms with Gasteiger partial charge < -0.3 is 5.32 Å². The number of nitrogens with one attached hydrogen (secondary N) is 1. The van der Waals surface area contributed by atoms with E-state index in [1.54, 1.807) is 0 Å². The van der Waals surface area contributed by atoms with Crippen LogP contribution >= 0.6 is 11.9 Å². The van der Waals surface area contributed by atoms with Crippen LogP contribution in [0.5, 0.6) is 0 Å². The summed E-state index contributed by atoms with van der Waals surface area (Å²) >= 11 is 1.82. The molecule has 1 aromatic carbocycles. The molecule has 0 aliphatic carbocycles. The number of nitrogens with zero attached hydrogens (tertiary/aromatic N) is 1. The molecule has 4 heteroatoms. The van der Waals surface area contributed by atoms with Gasteiger partial charge in [0.05, 0.1) is 0 Å². The van der Waals surface area contributed by atoms with Crippen molar-refractivity contribution in [3.05, 3.63) is 42.5 Å². The van der Waals surface area contributed by atoms with Crippen LogP contribution in [0.1, 0.15) is 19.3 Å². The van der Waals surface area contributed by atoms with Crippen LogP contribution in [0, 0.1) is 5.92 Å². The van der Waals surface area contributed by atoms with Crippen LogP contribution in [0.2, 0.25) is 0 Å². The molecule has 0 atom stereocenters. The van der Waals surface area contributed by atoms with Crippen molar-refractivity contribution in [1.29, 1.82) is 0 Å². The fourth-order valence-electron chi connectivity index (χ4n) is 2.19. The molecule has 0 aromatic heterocycles. The van der Waals surface area contributed by atoms with Crippen LogP contribution in [-0.2, 0) is 4.79 Å². The van der Waals surface area contributed by atoms with Gasteiger partial charge in [-0.1, -0.05) is 42.3 Å². The summed E-state index contributed by atoms with van der Waals surface area (Å²) in [6.07, 6.45) is 8.98. The zero-order valence-electron chi connectivity index (χ0n) is 11.9. The predicted octanol–water partition coefficient (Wildman–Crippen LogP) is 3.56. The highest BCUT2D eigenvalue weighted by Gasteiger charge is 2.24. The van der Waals surface area contributed by atoms with E-state index in [1.165, 1.54) is 13.1 Å². The van der Waals surface area contributed by atoms with Gasteiger partial charge in [0.25, 0.3) is 0 Å². The van der Waals surface area contributed by atoms with E-state index in [1.807, 2.05) is 42.3 Å². The number of amides is 1. The third-order valence-corrected chi connectivity index (χ3v) is 4.23. The topological polar surface area (TPSA) is 32.3 Å². The van der Waals surface area contributed by atoms with E-state index in [0.717, 1.165) is 24.4 Å². The van der Waals surface area contributed by atoms with Crippen LogP contribution in [0.3, 0.4) is 0 Å². The van der Waals surface area contributed by atoms with E-state index < -0.39 is 0 Å². The summed E-state index contributed by atoms with van der Waals surface area (Å²) in [4.78, 5) is 11.7. The smallest absolute Gasteiger partial charge is 0.224 e. The van der Waals surface area contributed by atoms with Gasteiger partial charge in [-0.3, -0.25) is 9.10 Å². The first-order valence-corrected chi connectivity index (χ1v) is 8.25. The Hall–Kier alpha value is -1.26. The maximum Gasteiger partial charge on any atom is 0.224 e. The lowest BCUT2D eigenvalue weighted by molar-refractivity contribution is -0.116. The van der Waals surface area contributed by atoms with Crippen LogP contribution in [0.15, 0.2) is 42.5 Å². The Bertz CT molecular complexity index is 441. The van der Waals surface area contributed by atoms with Crippen molar-refractivity contribution < 1.29 is 4.79 Å². The molecule has 1 amide bonds. The van der Waals surface area contributed by atoms with Crippen molar-refractivity contribution in [2.45, 2.75) is 19.3 Å². The molecule has 2 rings (SSSR count). The van der Waals surface area contributed by atoms with Crippen LogP contribution in [0.25, 0.3) is 0 Å². The van der Waals surface area contributed by atoms with E-state index >= 15 is 0 Å². The first-order valence-electron chi connectivity index (χ1n) is 7.07. The Balaban J connectivity index is 1.55. The van der Waals surface area contributed by atoms with Gasteiger partial charge >= 0.3 is 0 Å². The average Bonchev–Trinajstić information content (AvgIpc) is 2.41. The Morgan fingerprint density at radius 2 is 2.10 bits per heavy atom. The molecule has 0 radical (unpaired) electrons. The number of carbonyl (C=O) groups excluding carboxylic acids is 1. The highest BCUT2D eigenvalue weighted by Crippen LogP contribution is 2.24. The van der Waals surface area contributed by atoms with Gasteiger partial charge in [0, 0.05) is 25.2 Å². The molecule has 1 N–H and O–H groups in total. The van der Waals surface area contributed by atoms with Gasteiger partial charge in [-0.25, -0.2) is 0 Å². The number of carbonyl (C=O) groups is 1. The molecule has 1 aliphatic rings. The molecular weight excluding hydrogens is 268 g/mol. The number of anilines is 1. The van der Waals surface area contributed by atoms with Gasteiger partial charge in [-0.15, -0.1) is 0 Å². The minimum absolute atomic E-state index is 0.0815. The number of rotatable bonds is 7. The molecule has 0 unspecified atom stereocenters. The molecule has 0 bridgehead atoms. The molecule has 1 fully saturated rings. The first kappa shape index (κ1) is 15.1. The summed E-state index contributed by atoms with van der Waals surface area (Å²) in [7, 11) is 0. The maximum absolute atomic E-state index is 11.7. The van der Waals surface area contributed by atoms with E-state index in [0.29, 0.717) is 6.42 Å². The second-order valence-corrected chi connectivity index (χ2v) is 5.94. The lowest BCUT2D eigenvalue weighted by Crippen LogP contribution is -2.41. The van der Waals surface area contributed by atoms with Crippen molar-refractivity contribution in [2.24, 2.45) is 5.92 Å². The second-order valence-electron chi connectivity index (χ2n) is 5.06. The molecule has 1 saturated heterocycles. The lowest BCUT2D eigenvalue weighted by atomic mass is 9.99. The SMILES string of the molecule is CSN1CC(C/C=C\CCC(=O)Nc2ccccc2)C1. The first-order chi connectivity index (χ1) is 9.78. The fraction of sp³-hybridized carbons (Fsp3) is 0.438. The summed E-state index contributed by atoms with van der Waals surface area (Å²) in [5.41, 5.74) is 0.869. The normalized spacial score (nSPS) is 16.2. The monoisotopic (exact) mass is 290 g/mol. The molecule has 108 valence electrons. The van der Waals surface area contributed by atoms with Gasteiger partial charge in [-0.2, -0.15) is 0 Å². The molecule has 0 spiro atoms. The largest absolute Gasteiger partial charge is 0.326 e. The fourth-order valence-corrected chi connectivity index (χ4v) is 2.91. The molecule has 1 heterocycles. The van der Waals surface area contributed by atoms with E-state index in [9.17, 15) is 4.79 Å². The van der Waals surface area contributed by atoms with Crippen molar-refractivity contribution in [3.8, 4) is 0 Å². The number of allylic oxidation sites excluding steroid dienone is 2. The van der Waals surface area contributed by atoms with Crippen LogP contribution in [0.4, 0.5) is 5.69 Å². The van der Waals surface area contributed by atoms with Gasteiger partial charge in [-0.05, 0) is 37.1 Å². The van der Waals surface area contributed by atoms with Gasteiger partial charge in [0.15, 0.2) is 0 Å². The number of benzene rings is 1. The number of hydrogen-bond donors (Lipinski definition) is 1. The van der Waals surface area contributed by atoms with Crippen molar-refractivity contribution >= 4 is 23.5 Å². The van der Waals surface area contributed by atoms with Crippen molar-refractivity contribution in [1.82, 2.24) is 4.31 Å². The minimum Gasteiger partial charge on any atom is -0.326 e. The minimum atomic E-state index is 0.0815. The molecular formula is C16H22N2OS. The van der Waals surface area contributed by atoms with Crippen LogP contribution < -0.4 is 5.32 Å². The number of para-hydroxylation sites is 1. The maximum atomic E-state index is 11.7. The summed E-state index contributed by atoms with van der Waals surface area (Å²) < 4.78 is 2.37. The van der Waals surface area contributed by atoms with E-state index in [-0.39, 0.29) is 5.91 Å². The summed E-state index contributed by atoms with van der Waals surface area (Å²) in [5, 5.41) is 2.90. The summed E-state index contributed by atoms with van der Waals surface area (Å²) in [5.74, 6) is 0.884. The van der Waals surface area contributed by atoms with E-state index in [4.69, 9.17) is 0 Å². The van der Waals surface area contributed by atoms with Crippen LogP contribution in [-0.4, -0.2) is 29.6 Å². The Morgan fingerprint density at radius 1 is 1.35 bits per heavy atom. The molecule has 1 aliphatic heterocycles. The highest BCUT2D eigenvalue weighted by molar-refractivity contribution is 7.96. The summed E-state index contributed by atoms with van der Waals surface area (Å²) in [6, 6.07) is 9.60. The molecule has 3 nitrogen and oxygen atoms in total. The standard InChI is InChI=1S/C16H22N2OS/c1-20-18-12-14(13-18)8-4-2-7-11-16(19)17-15-9-5-3-6-10-15/h2-6,9-10,14H,7-8,11-13H2,1H3,(H,17,19)/b4-2-. The Labute approximate surface area is 125 Å². The zero-order valence-corrected chi connectivity index (χ0v) is 12.7.